The first-order valence-corrected chi connectivity index (χ1v) is 7.88. The van der Waals surface area contributed by atoms with Crippen LogP contribution in [0.4, 0.5) is 0 Å². The largest absolute Gasteiger partial charge is 0.383 e. The molecular weight excluding hydrogens is 292 g/mol. The second-order valence-electron chi connectivity index (χ2n) is 6.38. The first kappa shape index (κ1) is 17.4. The molecule has 0 bridgehead atoms. The van der Waals surface area contributed by atoms with Crippen molar-refractivity contribution in [2.75, 3.05) is 20.8 Å². The monoisotopic (exact) mass is 318 g/mol. The third-order valence-corrected chi connectivity index (χ3v) is 4.20. The quantitative estimate of drug-likeness (QED) is 0.850. The summed E-state index contributed by atoms with van der Waals surface area (Å²) < 4.78 is 6.91. The maximum atomic E-state index is 13.0. The van der Waals surface area contributed by atoms with Crippen LogP contribution >= 0.6 is 0 Å². The lowest BCUT2D eigenvalue weighted by Gasteiger charge is -2.25. The van der Waals surface area contributed by atoms with E-state index in [0.29, 0.717) is 12.2 Å². The summed E-state index contributed by atoms with van der Waals surface area (Å²) in [6, 6.07) is 1.90. The highest BCUT2D eigenvalue weighted by atomic mass is 16.5. The lowest BCUT2D eigenvalue weighted by molar-refractivity contribution is 0.0635. The van der Waals surface area contributed by atoms with Gasteiger partial charge in [-0.15, -0.1) is 0 Å². The third kappa shape index (κ3) is 3.22. The summed E-state index contributed by atoms with van der Waals surface area (Å²) in [5.41, 5.74) is 3.14. The van der Waals surface area contributed by atoms with Gasteiger partial charge < -0.3 is 9.64 Å². The van der Waals surface area contributed by atoms with Crippen molar-refractivity contribution in [1.29, 1.82) is 0 Å². The molecule has 2 aromatic rings. The highest BCUT2D eigenvalue weighted by Crippen LogP contribution is 2.26. The number of aryl methyl sites for hydroxylation is 2. The maximum Gasteiger partial charge on any atom is 0.254 e. The van der Waals surface area contributed by atoms with Gasteiger partial charge in [0.1, 0.15) is 0 Å². The van der Waals surface area contributed by atoms with E-state index < -0.39 is 0 Å². The van der Waals surface area contributed by atoms with Gasteiger partial charge in [0, 0.05) is 26.9 Å². The number of nitrogens with zero attached hydrogens (tertiary/aromatic N) is 4. The molecule has 23 heavy (non-hydrogen) atoms. The van der Waals surface area contributed by atoms with Crippen LogP contribution in [0, 0.1) is 6.92 Å². The molecule has 1 amide bonds. The Morgan fingerprint density at radius 1 is 1.39 bits per heavy atom. The Hall–Kier alpha value is -1.95. The van der Waals surface area contributed by atoms with Crippen molar-refractivity contribution >= 4 is 16.9 Å². The number of ether oxygens (including phenoxy) is 1. The Bertz CT molecular complexity index is 721. The molecule has 6 nitrogen and oxygen atoms in total. The van der Waals surface area contributed by atoms with Gasteiger partial charge in [-0.1, -0.05) is 13.8 Å². The molecule has 0 aliphatic rings. The van der Waals surface area contributed by atoms with Crippen molar-refractivity contribution in [3.05, 3.63) is 23.0 Å². The van der Waals surface area contributed by atoms with Crippen LogP contribution in [0.3, 0.4) is 0 Å². The predicted molar refractivity (Wildman–Crippen MR) is 90.8 cm³/mol. The van der Waals surface area contributed by atoms with Gasteiger partial charge in [-0.25, -0.2) is 4.98 Å². The average molecular weight is 318 g/mol. The minimum atomic E-state index is -0.0278. The summed E-state index contributed by atoms with van der Waals surface area (Å²) in [4.78, 5) is 19.4. The van der Waals surface area contributed by atoms with E-state index in [9.17, 15) is 4.79 Å². The smallest absolute Gasteiger partial charge is 0.254 e. The first-order chi connectivity index (χ1) is 10.8. The SMILES string of the molecule is COCC(C)N(C)C(=O)c1cc(C(C)C)nc2c1c(C)nn2C. The third-order valence-electron chi connectivity index (χ3n) is 4.20. The van der Waals surface area contributed by atoms with E-state index in [1.165, 1.54) is 0 Å². The fourth-order valence-electron chi connectivity index (χ4n) is 2.67. The van der Waals surface area contributed by atoms with E-state index in [1.807, 2.05) is 27.0 Å². The number of aromatic nitrogens is 3. The fourth-order valence-corrected chi connectivity index (χ4v) is 2.67. The predicted octanol–water partition coefficient (Wildman–Crippen LogP) is 2.51. The second-order valence-corrected chi connectivity index (χ2v) is 6.38. The molecular formula is C17H26N4O2. The zero-order valence-electron chi connectivity index (χ0n) is 15.0. The zero-order chi connectivity index (χ0) is 17.3. The Labute approximate surface area is 137 Å². The Morgan fingerprint density at radius 2 is 2.04 bits per heavy atom. The number of methoxy groups -OCH3 is 1. The topological polar surface area (TPSA) is 60.2 Å². The summed E-state index contributed by atoms with van der Waals surface area (Å²) in [7, 11) is 5.30. The van der Waals surface area contributed by atoms with Crippen LogP contribution in [-0.4, -0.2) is 52.4 Å². The Morgan fingerprint density at radius 3 is 2.61 bits per heavy atom. The molecule has 0 spiro atoms. The van der Waals surface area contributed by atoms with E-state index >= 15 is 0 Å². The van der Waals surface area contributed by atoms with Crippen LogP contribution in [0.2, 0.25) is 0 Å². The molecule has 0 saturated heterocycles. The number of rotatable bonds is 5. The molecule has 0 radical (unpaired) electrons. The molecule has 0 saturated carbocycles. The molecule has 126 valence electrons. The molecule has 1 atom stereocenters. The summed E-state index contributed by atoms with van der Waals surface area (Å²) in [5, 5.41) is 5.26. The summed E-state index contributed by atoms with van der Waals surface area (Å²) in [6.07, 6.45) is 0. The van der Waals surface area contributed by atoms with Gasteiger partial charge in [0.05, 0.1) is 29.3 Å². The number of carbonyl (C=O) groups excluding carboxylic acids is 1. The van der Waals surface area contributed by atoms with Crippen LogP contribution in [0.5, 0.6) is 0 Å². The van der Waals surface area contributed by atoms with Gasteiger partial charge in [-0.05, 0) is 25.8 Å². The number of carbonyl (C=O) groups is 1. The Kier molecular flexibility index (Phi) is 5.04. The minimum absolute atomic E-state index is 0.00445. The maximum absolute atomic E-state index is 13.0. The number of pyridine rings is 1. The Balaban J connectivity index is 2.60. The zero-order valence-corrected chi connectivity index (χ0v) is 15.0. The van der Waals surface area contributed by atoms with E-state index in [4.69, 9.17) is 4.74 Å². The molecule has 0 N–H and O–H groups in total. The van der Waals surface area contributed by atoms with Gasteiger partial charge in [-0.2, -0.15) is 5.10 Å². The highest BCUT2D eigenvalue weighted by Gasteiger charge is 2.24. The van der Waals surface area contributed by atoms with Gasteiger partial charge in [0.15, 0.2) is 5.65 Å². The fraction of sp³-hybridized carbons (Fsp3) is 0.588. The van der Waals surface area contributed by atoms with E-state index in [1.54, 1.807) is 23.7 Å². The molecule has 2 heterocycles. The molecule has 0 aliphatic heterocycles. The van der Waals surface area contributed by atoms with Crippen molar-refractivity contribution in [1.82, 2.24) is 19.7 Å². The minimum Gasteiger partial charge on any atom is -0.383 e. The number of amides is 1. The van der Waals surface area contributed by atoms with Crippen molar-refractivity contribution < 1.29 is 9.53 Å². The summed E-state index contributed by atoms with van der Waals surface area (Å²) in [5.74, 6) is 0.211. The van der Waals surface area contributed by atoms with Crippen molar-refractivity contribution in [3.8, 4) is 0 Å². The number of hydrogen-bond donors (Lipinski definition) is 0. The van der Waals surface area contributed by atoms with Gasteiger partial charge in [0.25, 0.3) is 5.91 Å². The van der Waals surface area contributed by atoms with E-state index in [0.717, 1.165) is 22.4 Å². The molecule has 2 rings (SSSR count). The van der Waals surface area contributed by atoms with Crippen LogP contribution in [0.1, 0.15) is 48.4 Å². The normalized spacial score (nSPS) is 12.9. The molecule has 2 aromatic heterocycles. The van der Waals surface area contributed by atoms with Crippen LogP contribution in [0.25, 0.3) is 11.0 Å². The van der Waals surface area contributed by atoms with Crippen LogP contribution in [0.15, 0.2) is 6.07 Å². The van der Waals surface area contributed by atoms with E-state index in [2.05, 4.69) is 23.9 Å². The van der Waals surface area contributed by atoms with Gasteiger partial charge in [-0.3, -0.25) is 9.48 Å². The number of likely N-dealkylation sites (N-methyl/N-ethyl adjacent to an activating group) is 1. The van der Waals surface area contributed by atoms with Crippen LogP contribution in [-0.2, 0) is 11.8 Å². The number of hydrogen-bond acceptors (Lipinski definition) is 4. The van der Waals surface area contributed by atoms with Gasteiger partial charge >= 0.3 is 0 Å². The first-order valence-electron chi connectivity index (χ1n) is 7.88. The standard InChI is InChI=1S/C17H26N4O2/c1-10(2)14-8-13(17(22)20(5)11(3)9-23-7)15-12(4)19-21(6)16(15)18-14/h8,10-11H,9H2,1-7H3. The summed E-state index contributed by atoms with van der Waals surface area (Å²) in [6.45, 7) is 8.53. The molecule has 1 unspecified atom stereocenters. The molecule has 6 heteroatoms. The summed E-state index contributed by atoms with van der Waals surface area (Å²) >= 11 is 0. The van der Waals surface area contributed by atoms with Crippen molar-refractivity contribution in [2.24, 2.45) is 7.05 Å². The van der Waals surface area contributed by atoms with Crippen molar-refractivity contribution in [2.45, 2.75) is 39.7 Å². The van der Waals surface area contributed by atoms with Crippen molar-refractivity contribution in [3.63, 3.8) is 0 Å². The lowest BCUT2D eigenvalue weighted by atomic mass is 10.0. The highest BCUT2D eigenvalue weighted by molar-refractivity contribution is 6.06. The average Bonchev–Trinajstić information content (AvgIpc) is 2.80. The number of fused-ring (bicyclic) bond motifs is 1. The molecule has 0 aliphatic carbocycles. The molecule has 0 fully saturated rings. The van der Waals surface area contributed by atoms with Crippen LogP contribution < -0.4 is 0 Å². The lowest BCUT2D eigenvalue weighted by Crippen LogP contribution is -2.38. The van der Waals surface area contributed by atoms with Gasteiger partial charge in [0.2, 0.25) is 0 Å². The second kappa shape index (κ2) is 6.66. The molecule has 0 aromatic carbocycles. The van der Waals surface area contributed by atoms with E-state index in [-0.39, 0.29) is 17.9 Å².